The molecule has 0 unspecified atom stereocenters. The van der Waals surface area contributed by atoms with Gasteiger partial charge in [0, 0.05) is 11.1 Å². The average Bonchev–Trinajstić information content (AvgIpc) is 2.80. The smallest absolute Gasteiger partial charge is 0.270 e. The first-order valence-corrected chi connectivity index (χ1v) is 9.50. The monoisotopic (exact) mass is 427 g/mol. The molecule has 2 N–H and O–H groups in total. The molecule has 0 spiro atoms. The lowest BCUT2D eigenvalue weighted by atomic mass is 10.1. The van der Waals surface area contributed by atoms with E-state index >= 15 is 0 Å². The minimum absolute atomic E-state index is 0.0541. The van der Waals surface area contributed by atoms with Crippen molar-refractivity contribution in [3.8, 4) is 28.6 Å². The lowest BCUT2D eigenvalue weighted by Crippen LogP contribution is -2.16. The lowest BCUT2D eigenvalue weighted by molar-refractivity contribution is 1.04. The topological polar surface area (TPSA) is 120 Å². The van der Waals surface area contributed by atoms with Crippen LogP contribution in [0.25, 0.3) is 22.5 Å². The molecule has 2 aromatic carbocycles. The van der Waals surface area contributed by atoms with E-state index in [1.54, 1.807) is 30.5 Å². The number of hydrogen-bond acceptors (Lipinski definition) is 7. The van der Waals surface area contributed by atoms with Crippen molar-refractivity contribution in [2.75, 3.05) is 5.43 Å². The quantitative estimate of drug-likeness (QED) is 0.368. The summed E-state index contributed by atoms with van der Waals surface area (Å²) in [5.41, 5.74) is 5.48. The zero-order chi connectivity index (χ0) is 21.6. The fraction of sp³-hybridized carbons (Fsp3) is 0. The zero-order valence-corrected chi connectivity index (χ0v) is 16.7. The number of nitrogens with zero attached hydrogens (tertiary/aromatic N) is 5. The molecule has 0 fully saturated rings. The molecular weight excluding hydrogens is 414 g/mol. The number of nitriles is 1. The highest BCUT2D eigenvalue weighted by Gasteiger charge is 2.12. The molecule has 0 bridgehead atoms. The Morgan fingerprint density at radius 1 is 1.00 bits per heavy atom. The van der Waals surface area contributed by atoms with Crippen LogP contribution in [0, 0.1) is 11.3 Å². The molecule has 0 amide bonds. The summed E-state index contributed by atoms with van der Waals surface area (Å²) in [4.78, 5) is 19.1. The van der Waals surface area contributed by atoms with Crippen LogP contribution in [0.1, 0.15) is 11.1 Å². The van der Waals surface area contributed by atoms with E-state index in [2.05, 4.69) is 30.7 Å². The molecule has 2 heterocycles. The second-order valence-electron chi connectivity index (χ2n) is 6.35. The maximum Gasteiger partial charge on any atom is 0.270 e. The maximum absolute atomic E-state index is 12.3. The van der Waals surface area contributed by atoms with Gasteiger partial charge in [-0.25, -0.2) is 10.4 Å². The van der Waals surface area contributed by atoms with Crippen LogP contribution in [-0.2, 0) is 0 Å². The van der Waals surface area contributed by atoms with Crippen molar-refractivity contribution in [3.63, 3.8) is 0 Å². The van der Waals surface area contributed by atoms with Gasteiger partial charge in [-0.1, -0.05) is 66.2 Å². The molecule has 0 aliphatic heterocycles. The highest BCUT2D eigenvalue weighted by atomic mass is 35.5. The summed E-state index contributed by atoms with van der Waals surface area (Å²) >= 11 is 5.76. The van der Waals surface area contributed by atoms with E-state index in [0.717, 1.165) is 11.1 Å². The van der Waals surface area contributed by atoms with Crippen LogP contribution in [0.5, 0.6) is 0 Å². The number of nitrogens with one attached hydrogen (secondary N) is 2. The van der Waals surface area contributed by atoms with Gasteiger partial charge in [-0.2, -0.15) is 10.4 Å². The van der Waals surface area contributed by atoms with Gasteiger partial charge in [-0.05, 0) is 17.7 Å². The first kappa shape index (κ1) is 19.9. The predicted molar refractivity (Wildman–Crippen MR) is 119 cm³/mol. The lowest BCUT2D eigenvalue weighted by Gasteiger charge is -2.06. The predicted octanol–water partition coefficient (Wildman–Crippen LogP) is 3.86. The van der Waals surface area contributed by atoms with Gasteiger partial charge in [0.1, 0.15) is 11.6 Å². The third-order valence-corrected chi connectivity index (χ3v) is 4.50. The maximum atomic E-state index is 12.3. The largest absolute Gasteiger partial charge is 0.290 e. The second-order valence-corrected chi connectivity index (χ2v) is 6.74. The van der Waals surface area contributed by atoms with E-state index in [9.17, 15) is 10.1 Å². The summed E-state index contributed by atoms with van der Waals surface area (Å²) in [7, 11) is 0. The number of aromatic nitrogens is 4. The number of benzene rings is 2. The van der Waals surface area contributed by atoms with Crippen molar-refractivity contribution in [1.29, 1.82) is 5.26 Å². The van der Waals surface area contributed by atoms with Crippen molar-refractivity contribution >= 4 is 23.8 Å². The van der Waals surface area contributed by atoms with Crippen molar-refractivity contribution in [2.24, 2.45) is 5.10 Å². The normalized spacial score (nSPS) is 10.7. The molecule has 4 rings (SSSR count). The molecule has 31 heavy (non-hydrogen) atoms. The van der Waals surface area contributed by atoms with E-state index in [4.69, 9.17) is 11.6 Å². The fourth-order valence-corrected chi connectivity index (χ4v) is 2.91. The van der Waals surface area contributed by atoms with Crippen LogP contribution in [-0.4, -0.2) is 26.4 Å². The van der Waals surface area contributed by atoms with Gasteiger partial charge in [0.05, 0.1) is 17.6 Å². The first-order chi connectivity index (χ1) is 15.1. The van der Waals surface area contributed by atoms with Crippen LogP contribution in [0.15, 0.2) is 76.6 Å². The second kappa shape index (κ2) is 8.98. The van der Waals surface area contributed by atoms with Crippen molar-refractivity contribution < 1.29 is 0 Å². The van der Waals surface area contributed by atoms with Crippen LogP contribution in [0.3, 0.4) is 0 Å². The summed E-state index contributed by atoms with van der Waals surface area (Å²) in [6.07, 6.45) is 1.58. The van der Waals surface area contributed by atoms with Gasteiger partial charge < -0.3 is 0 Å². The van der Waals surface area contributed by atoms with Crippen molar-refractivity contribution in [2.45, 2.75) is 0 Å². The molecule has 0 aliphatic rings. The van der Waals surface area contributed by atoms with Crippen molar-refractivity contribution in [1.82, 2.24) is 20.2 Å². The SMILES string of the molecule is N#Cc1c(-c2ccccc2)nc(NN=Cc2ccc(-c3ccc(Cl)nn3)cc2)[nH]c1=O. The Morgan fingerprint density at radius 3 is 2.45 bits per heavy atom. The Kier molecular flexibility index (Phi) is 5.78. The molecule has 4 aromatic rings. The van der Waals surface area contributed by atoms with Gasteiger partial charge in [0.2, 0.25) is 5.95 Å². The number of hydrazone groups is 1. The molecule has 0 radical (unpaired) electrons. The number of halogens is 1. The highest BCUT2D eigenvalue weighted by Crippen LogP contribution is 2.20. The molecule has 9 heteroatoms. The van der Waals surface area contributed by atoms with Crippen LogP contribution < -0.4 is 11.0 Å². The van der Waals surface area contributed by atoms with E-state index in [0.29, 0.717) is 16.4 Å². The standard InChI is InChI=1S/C22H14ClN7O/c23-19-11-10-18(28-29-19)15-8-6-14(7-9-15)13-25-30-22-26-20(16-4-2-1-3-5-16)17(12-24)21(31)27-22/h1-11,13H,(H2,26,27,30,31). The van der Waals surface area contributed by atoms with Gasteiger partial charge >= 0.3 is 0 Å². The first-order valence-electron chi connectivity index (χ1n) is 9.12. The minimum atomic E-state index is -0.539. The Morgan fingerprint density at radius 2 is 1.77 bits per heavy atom. The number of H-pyrrole nitrogens is 1. The Labute approximate surface area is 181 Å². The van der Waals surface area contributed by atoms with E-state index < -0.39 is 5.56 Å². The molecule has 8 nitrogen and oxygen atoms in total. The third-order valence-electron chi connectivity index (χ3n) is 4.30. The van der Waals surface area contributed by atoms with E-state index in [-0.39, 0.29) is 17.2 Å². The number of hydrogen-bond donors (Lipinski definition) is 2. The van der Waals surface area contributed by atoms with E-state index in [1.165, 1.54) is 0 Å². The summed E-state index contributed by atoms with van der Waals surface area (Å²) < 4.78 is 0. The minimum Gasteiger partial charge on any atom is -0.290 e. The highest BCUT2D eigenvalue weighted by molar-refractivity contribution is 6.29. The van der Waals surface area contributed by atoms with Crippen molar-refractivity contribution in [3.05, 3.63) is 93.4 Å². The van der Waals surface area contributed by atoms with Gasteiger partial charge in [0.15, 0.2) is 5.15 Å². The fourth-order valence-electron chi connectivity index (χ4n) is 2.81. The zero-order valence-electron chi connectivity index (χ0n) is 16.0. The molecule has 0 saturated heterocycles. The Balaban J connectivity index is 1.53. The van der Waals surface area contributed by atoms with Gasteiger partial charge in [-0.3, -0.25) is 9.78 Å². The van der Waals surface area contributed by atoms with Crippen LogP contribution >= 0.6 is 11.6 Å². The number of rotatable bonds is 5. The summed E-state index contributed by atoms with van der Waals surface area (Å²) in [5, 5.41) is 21.7. The Hall–Kier alpha value is -4.35. The molecular formula is C22H14ClN7O. The summed E-state index contributed by atoms with van der Waals surface area (Å²) in [6.45, 7) is 0. The number of aromatic amines is 1. The Bertz CT molecular complexity index is 1330. The van der Waals surface area contributed by atoms with Gasteiger partial charge in [0.25, 0.3) is 5.56 Å². The third kappa shape index (κ3) is 4.63. The molecule has 150 valence electrons. The summed E-state index contributed by atoms with van der Waals surface area (Å²) in [5.74, 6) is 0.132. The summed E-state index contributed by atoms with van der Waals surface area (Å²) in [6, 6.07) is 21.9. The number of anilines is 1. The molecule has 2 aromatic heterocycles. The molecule has 0 aliphatic carbocycles. The van der Waals surface area contributed by atoms with Gasteiger partial charge in [-0.15, -0.1) is 10.2 Å². The average molecular weight is 428 g/mol. The van der Waals surface area contributed by atoms with E-state index in [1.807, 2.05) is 48.5 Å². The molecule has 0 saturated carbocycles. The van der Waals surface area contributed by atoms with Crippen LogP contribution in [0.2, 0.25) is 5.15 Å². The van der Waals surface area contributed by atoms with Crippen LogP contribution in [0.4, 0.5) is 5.95 Å². The molecule has 0 atom stereocenters.